The fourth-order valence-electron chi connectivity index (χ4n) is 3.72. The molecule has 2 aliphatic rings. The fourth-order valence-corrected chi connectivity index (χ4v) is 3.72. The normalized spacial score (nSPS) is 23.4. The highest BCUT2D eigenvalue weighted by Crippen LogP contribution is 2.27. The molecule has 0 aromatic carbocycles. The molecule has 1 saturated heterocycles. The van der Waals surface area contributed by atoms with E-state index in [4.69, 9.17) is 0 Å². The minimum absolute atomic E-state index is 0.474. The lowest BCUT2D eigenvalue weighted by molar-refractivity contribution is 0.136. The monoisotopic (exact) mass is 302 g/mol. The van der Waals surface area contributed by atoms with Crippen molar-refractivity contribution >= 4 is 0 Å². The molecule has 0 amide bonds. The van der Waals surface area contributed by atoms with Crippen LogP contribution in [0.1, 0.15) is 43.5 Å². The van der Waals surface area contributed by atoms with E-state index in [-0.39, 0.29) is 0 Å². The smallest absolute Gasteiger partial charge is 0.0605 e. The maximum atomic E-state index is 4.61. The summed E-state index contributed by atoms with van der Waals surface area (Å²) in [6.45, 7) is 10.7. The Morgan fingerprint density at radius 2 is 2.05 bits per heavy atom. The summed E-state index contributed by atoms with van der Waals surface area (Å²) in [6.07, 6.45) is 6.90. The summed E-state index contributed by atoms with van der Waals surface area (Å²) >= 11 is 0. The molecule has 1 aromatic heterocycles. The molecule has 1 atom stereocenters. The van der Waals surface area contributed by atoms with Crippen LogP contribution in [0.2, 0.25) is 0 Å². The summed E-state index contributed by atoms with van der Waals surface area (Å²) in [5, 5.41) is 3.74. The lowest BCUT2D eigenvalue weighted by atomic mass is 9.92. The molecule has 1 aliphatic heterocycles. The zero-order valence-electron chi connectivity index (χ0n) is 13.9. The van der Waals surface area contributed by atoms with Crippen LogP contribution in [0, 0.1) is 0 Å². The predicted molar refractivity (Wildman–Crippen MR) is 91.1 cm³/mol. The molecule has 4 heteroatoms. The van der Waals surface area contributed by atoms with Gasteiger partial charge in [0.15, 0.2) is 0 Å². The third-order valence-corrected chi connectivity index (χ3v) is 5.15. The van der Waals surface area contributed by atoms with Crippen LogP contribution in [0.3, 0.4) is 0 Å². The number of nitrogens with zero attached hydrogens (tertiary/aromatic N) is 3. The van der Waals surface area contributed by atoms with Crippen molar-refractivity contribution in [2.45, 2.75) is 38.6 Å². The van der Waals surface area contributed by atoms with Crippen LogP contribution in [0.4, 0.5) is 0 Å². The average molecular weight is 302 g/mol. The highest BCUT2D eigenvalue weighted by molar-refractivity contribution is 5.25. The van der Waals surface area contributed by atoms with Crippen molar-refractivity contribution in [3.05, 3.63) is 29.6 Å². The van der Waals surface area contributed by atoms with E-state index in [1.165, 1.54) is 76.2 Å². The molecule has 4 nitrogen and oxygen atoms in total. The molecule has 122 valence electrons. The molecular formula is C18H30N4. The first-order chi connectivity index (χ1) is 10.9. The topological polar surface area (TPSA) is 31.4 Å². The first kappa shape index (κ1) is 15.9. The Hall–Kier alpha value is -0.970. The van der Waals surface area contributed by atoms with Gasteiger partial charge in [0.1, 0.15) is 0 Å². The van der Waals surface area contributed by atoms with Crippen molar-refractivity contribution in [3.63, 3.8) is 0 Å². The second kappa shape index (κ2) is 8.04. The van der Waals surface area contributed by atoms with Crippen molar-refractivity contribution < 1.29 is 0 Å². The number of rotatable bonds is 6. The van der Waals surface area contributed by atoms with Crippen molar-refractivity contribution in [2.24, 2.45) is 0 Å². The Kier molecular flexibility index (Phi) is 5.82. The maximum absolute atomic E-state index is 4.61. The van der Waals surface area contributed by atoms with E-state index in [0.29, 0.717) is 6.04 Å². The SMILES string of the molecule is CCN1CCN(CCCNC2CCCc3cccnc32)CC1. The Balaban J connectivity index is 1.38. The van der Waals surface area contributed by atoms with Crippen LogP contribution in [0.15, 0.2) is 18.3 Å². The molecule has 0 bridgehead atoms. The van der Waals surface area contributed by atoms with Gasteiger partial charge in [0, 0.05) is 38.4 Å². The molecule has 3 rings (SSSR count). The number of aromatic nitrogens is 1. The highest BCUT2D eigenvalue weighted by atomic mass is 15.3. The summed E-state index contributed by atoms with van der Waals surface area (Å²) in [5.74, 6) is 0. The van der Waals surface area contributed by atoms with E-state index in [0.717, 1.165) is 6.54 Å². The van der Waals surface area contributed by atoms with Crippen LogP contribution >= 0.6 is 0 Å². The van der Waals surface area contributed by atoms with Gasteiger partial charge in [-0.25, -0.2) is 0 Å². The van der Waals surface area contributed by atoms with Crippen LogP contribution in [-0.4, -0.2) is 60.6 Å². The van der Waals surface area contributed by atoms with Crippen LogP contribution in [0.5, 0.6) is 0 Å². The molecule has 22 heavy (non-hydrogen) atoms. The van der Waals surface area contributed by atoms with Gasteiger partial charge in [0.05, 0.1) is 5.69 Å². The number of aryl methyl sites for hydroxylation is 1. The molecular weight excluding hydrogens is 272 g/mol. The van der Waals surface area contributed by atoms with E-state index in [9.17, 15) is 0 Å². The number of pyridine rings is 1. The average Bonchev–Trinajstić information content (AvgIpc) is 2.59. The highest BCUT2D eigenvalue weighted by Gasteiger charge is 2.20. The molecule has 1 unspecified atom stereocenters. The summed E-state index contributed by atoms with van der Waals surface area (Å²) in [4.78, 5) is 9.76. The third kappa shape index (κ3) is 4.06. The Bertz CT molecular complexity index is 454. The summed E-state index contributed by atoms with van der Waals surface area (Å²) < 4.78 is 0. The van der Waals surface area contributed by atoms with Gasteiger partial charge in [-0.2, -0.15) is 0 Å². The van der Waals surface area contributed by atoms with Gasteiger partial charge in [0.25, 0.3) is 0 Å². The lowest BCUT2D eigenvalue weighted by Crippen LogP contribution is -2.46. The molecule has 0 radical (unpaired) electrons. The first-order valence-electron chi connectivity index (χ1n) is 8.98. The number of hydrogen-bond acceptors (Lipinski definition) is 4. The van der Waals surface area contributed by atoms with Crippen LogP contribution in [0.25, 0.3) is 0 Å². The minimum atomic E-state index is 0.474. The van der Waals surface area contributed by atoms with Crippen LogP contribution in [-0.2, 0) is 6.42 Å². The Labute approximate surface area is 134 Å². The van der Waals surface area contributed by atoms with E-state index in [1.807, 2.05) is 6.20 Å². The van der Waals surface area contributed by atoms with Gasteiger partial charge in [0.2, 0.25) is 0 Å². The van der Waals surface area contributed by atoms with Crippen molar-refractivity contribution in [1.82, 2.24) is 20.1 Å². The molecule has 1 aromatic rings. The van der Waals surface area contributed by atoms with E-state index < -0.39 is 0 Å². The minimum Gasteiger partial charge on any atom is -0.309 e. The number of fused-ring (bicyclic) bond motifs is 1. The van der Waals surface area contributed by atoms with Crippen molar-refractivity contribution in [1.29, 1.82) is 0 Å². The zero-order chi connectivity index (χ0) is 15.2. The Morgan fingerprint density at radius 1 is 1.23 bits per heavy atom. The largest absolute Gasteiger partial charge is 0.309 e. The van der Waals surface area contributed by atoms with E-state index >= 15 is 0 Å². The van der Waals surface area contributed by atoms with Gasteiger partial charge < -0.3 is 15.1 Å². The van der Waals surface area contributed by atoms with Gasteiger partial charge in [-0.1, -0.05) is 13.0 Å². The predicted octanol–water partition coefficient (Wildman–Crippen LogP) is 2.08. The summed E-state index contributed by atoms with van der Waals surface area (Å²) in [7, 11) is 0. The molecule has 1 aliphatic carbocycles. The third-order valence-electron chi connectivity index (χ3n) is 5.15. The molecule has 2 heterocycles. The summed E-state index contributed by atoms with van der Waals surface area (Å²) in [6, 6.07) is 4.78. The lowest BCUT2D eigenvalue weighted by Gasteiger charge is -2.34. The second-order valence-corrected chi connectivity index (χ2v) is 6.58. The maximum Gasteiger partial charge on any atom is 0.0605 e. The second-order valence-electron chi connectivity index (χ2n) is 6.58. The van der Waals surface area contributed by atoms with Crippen LogP contribution < -0.4 is 5.32 Å². The number of piperazine rings is 1. The fraction of sp³-hybridized carbons (Fsp3) is 0.722. The summed E-state index contributed by atoms with van der Waals surface area (Å²) in [5.41, 5.74) is 2.74. The number of likely N-dealkylation sites (N-methyl/N-ethyl adjacent to an activating group) is 1. The standard InChI is InChI=1S/C18H30N4/c1-2-21-12-14-22(15-13-21)11-5-10-19-17-8-3-6-16-7-4-9-20-18(16)17/h4,7,9,17,19H,2-3,5-6,8,10-15H2,1H3. The molecule has 1 fully saturated rings. The van der Waals surface area contributed by atoms with E-state index in [1.54, 1.807) is 0 Å². The van der Waals surface area contributed by atoms with Gasteiger partial charge in [-0.15, -0.1) is 0 Å². The van der Waals surface area contributed by atoms with Crippen molar-refractivity contribution in [3.8, 4) is 0 Å². The van der Waals surface area contributed by atoms with Crippen molar-refractivity contribution in [2.75, 3.05) is 45.8 Å². The first-order valence-corrected chi connectivity index (χ1v) is 8.98. The van der Waals surface area contributed by atoms with Gasteiger partial charge >= 0.3 is 0 Å². The van der Waals surface area contributed by atoms with E-state index in [2.05, 4.69) is 39.2 Å². The zero-order valence-corrected chi connectivity index (χ0v) is 13.9. The van der Waals surface area contributed by atoms with Gasteiger partial charge in [-0.3, -0.25) is 4.98 Å². The Morgan fingerprint density at radius 3 is 2.86 bits per heavy atom. The molecule has 0 spiro atoms. The number of nitrogens with one attached hydrogen (secondary N) is 1. The van der Waals surface area contributed by atoms with Gasteiger partial charge in [-0.05, 0) is 56.9 Å². The molecule has 1 N–H and O–H groups in total. The quantitative estimate of drug-likeness (QED) is 0.815. The molecule has 0 saturated carbocycles. The number of hydrogen-bond donors (Lipinski definition) is 1.